The van der Waals surface area contributed by atoms with Crippen LogP contribution >= 0.6 is 0 Å². The van der Waals surface area contributed by atoms with Gasteiger partial charge in [0.2, 0.25) is 5.88 Å². The zero-order valence-electron chi connectivity index (χ0n) is 16.0. The van der Waals surface area contributed by atoms with Crippen molar-refractivity contribution in [2.24, 2.45) is 0 Å². The van der Waals surface area contributed by atoms with Crippen molar-refractivity contribution >= 4 is 11.0 Å². The first kappa shape index (κ1) is 17.2. The third-order valence-corrected chi connectivity index (χ3v) is 4.53. The summed E-state index contributed by atoms with van der Waals surface area (Å²) in [6.07, 6.45) is 3.27. The van der Waals surface area contributed by atoms with E-state index in [2.05, 4.69) is 67.0 Å². The quantitative estimate of drug-likeness (QED) is 0.493. The molecule has 27 heavy (non-hydrogen) atoms. The maximum Gasteiger partial charge on any atom is 0.233 e. The average molecular weight is 358 g/mol. The Morgan fingerprint density at radius 1 is 0.963 bits per heavy atom. The van der Waals surface area contributed by atoms with Crippen molar-refractivity contribution in [1.29, 1.82) is 0 Å². The molecular weight excluding hydrogens is 336 g/mol. The van der Waals surface area contributed by atoms with Gasteiger partial charge in [-0.1, -0.05) is 32.0 Å². The predicted molar refractivity (Wildman–Crippen MR) is 107 cm³/mol. The zero-order chi connectivity index (χ0) is 19.0. The Morgan fingerprint density at radius 2 is 1.81 bits per heavy atom. The Morgan fingerprint density at radius 3 is 2.59 bits per heavy atom. The zero-order valence-corrected chi connectivity index (χ0v) is 16.0. The normalized spacial score (nSPS) is 11.3. The van der Waals surface area contributed by atoms with E-state index in [0.29, 0.717) is 11.8 Å². The second kappa shape index (κ2) is 6.83. The third-order valence-electron chi connectivity index (χ3n) is 4.53. The standard InChI is InChI=1S/C22H22N4O/c1-14(2)17-8-16(4)10-19(11-17)27-22-20-12-25-26(21(20)23-13-24-22)18-7-5-6-15(3)9-18/h5-14H,1-4H3. The highest BCUT2D eigenvalue weighted by Crippen LogP contribution is 2.30. The number of hydrogen-bond donors (Lipinski definition) is 0. The highest BCUT2D eigenvalue weighted by Gasteiger charge is 2.14. The molecule has 4 aromatic rings. The van der Waals surface area contributed by atoms with Gasteiger partial charge in [0.1, 0.15) is 17.5 Å². The highest BCUT2D eigenvalue weighted by molar-refractivity contribution is 5.81. The van der Waals surface area contributed by atoms with Crippen LogP contribution in [0.15, 0.2) is 55.0 Å². The summed E-state index contributed by atoms with van der Waals surface area (Å²) in [5.41, 5.74) is 5.26. The fourth-order valence-corrected chi connectivity index (χ4v) is 3.13. The first-order chi connectivity index (χ1) is 13.0. The van der Waals surface area contributed by atoms with E-state index in [4.69, 9.17) is 4.74 Å². The fourth-order valence-electron chi connectivity index (χ4n) is 3.13. The summed E-state index contributed by atoms with van der Waals surface area (Å²) >= 11 is 0. The largest absolute Gasteiger partial charge is 0.438 e. The lowest BCUT2D eigenvalue weighted by Gasteiger charge is -2.11. The van der Waals surface area contributed by atoms with Crippen LogP contribution in [0.2, 0.25) is 0 Å². The predicted octanol–water partition coefficient (Wildman–Crippen LogP) is 5.35. The third kappa shape index (κ3) is 3.40. The van der Waals surface area contributed by atoms with Crippen molar-refractivity contribution in [3.8, 4) is 17.3 Å². The van der Waals surface area contributed by atoms with Crippen LogP contribution in [0.5, 0.6) is 11.6 Å². The van der Waals surface area contributed by atoms with Gasteiger partial charge in [-0.15, -0.1) is 0 Å². The van der Waals surface area contributed by atoms with Crippen molar-refractivity contribution in [2.75, 3.05) is 0 Å². The molecule has 2 aromatic heterocycles. The molecule has 0 aliphatic carbocycles. The smallest absolute Gasteiger partial charge is 0.233 e. The number of fused-ring (bicyclic) bond motifs is 1. The lowest BCUT2D eigenvalue weighted by atomic mass is 10.0. The van der Waals surface area contributed by atoms with Crippen LogP contribution in [-0.4, -0.2) is 19.7 Å². The van der Waals surface area contributed by atoms with Crippen molar-refractivity contribution in [3.63, 3.8) is 0 Å². The van der Waals surface area contributed by atoms with Crippen LogP contribution in [0.4, 0.5) is 0 Å². The van der Waals surface area contributed by atoms with E-state index < -0.39 is 0 Å². The summed E-state index contributed by atoms with van der Waals surface area (Å²) in [6.45, 7) is 8.48. The molecule has 0 radical (unpaired) electrons. The van der Waals surface area contributed by atoms with E-state index in [0.717, 1.165) is 28.0 Å². The monoisotopic (exact) mass is 358 g/mol. The summed E-state index contributed by atoms with van der Waals surface area (Å²) < 4.78 is 7.94. The van der Waals surface area contributed by atoms with E-state index in [1.807, 2.05) is 22.9 Å². The maximum absolute atomic E-state index is 6.13. The molecule has 0 unspecified atom stereocenters. The molecule has 0 amide bonds. The molecular formula is C22H22N4O. The summed E-state index contributed by atoms with van der Waals surface area (Å²) in [5.74, 6) is 1.72. The van der Waals surface area contributed by atoms with Gasteiger partial charge in [0, 0.05) is 0 Å². The van der Waals surface area contributed by atoms with Gasteiger partial charge in [-0.2, -0.15) is 5.10 Å². The Balaban J connectivity index is 1.76. The van der Waals surface area contributed by atoms with Crippen molar-refractivity contribution in [2.45, 2.75) is 33.6 Å². The van der Waals surface area contributed by atoms with Gasteiger partial charge in [-0.05, 0) is 60.7 Å². The number of benzene rings is 2. The summed E-state index contributed by atoms with van der Waals surface area (Å²) in [7, 11) is 0. The molecule has 0 aliphatic rings. The van der Waals surface area contributed by atoms with Gasteiger partial charge >= 0.3 is 0 Å². The molecule has 0 bridgehead atoms. The maximum atomic E-state index is 6.13. The Kier molecular flexibility index (Phi) is 4.36. The minimum atomic E-state index is 0.432. The Bertz CT molecular complexity index is 1110. The van der Waals surface area contributed by atoms with Crippen molar-refractivity contribution < 1.29 is 4.74 Å². The molecule has 0 saturated heterocycles. The van der Waals surface area contributed by atoms with E-state index in [9.17, 15) is 0 Å². The second-order valence-electron chi connectivity index (χ2n) is 7.15. The number of aryl methyl sites for hydroxylation is 2. The molecule has 4 rings (SSSR count). The number of rotatable bonds is 4. The van der Waals surface area contributed by atoms with Crippen LogP contribution in [0.25, 0.3) is 16.7 Å². The minimum absolute atomic E-state index is 0.432. The Hall–Kier alpha value is -3.21. The van der Waals surface area contributed by atoms with Gasteiger partial charge in [-0.3, -0.25) is 0 Å². The van der Waals surface area contributed by atoms with Crippen molar-refractivity contribution in [3.05, 3.63) is 71.7 Å². The van der Waals surface area contributed by atoms with Gasteiger partial charge in [0.05, 0.1) is 11.9 Å². The van der Waals surface area contributed by atoms with Crippen LogP contribution in [-0.2, 0) is 0 Å². The summed E-state index contributed by atoms with van der Waals surface area (Å²) in [4.78, 5) is 8.77. The SMILES string of the molecule is Cc1cc(Oc2ncnc3c2cnn3-c2cccc(C)c2)cc(C(C)C)c1. The molecule has 2 aromatic carbocycles. The Labute approximate surface area is 158 Å². The number of ether oxygens (including phenoxy) is 1. The van der Waals surface area contributed by atoms with Gasteiger partial charge in [-0.25, -0.2) is 14.6 Å². The lowest BCUT2D eigenvalue weighted by Crippen LogP contribution is -1.99. The molecule has 0 aliphatic heterocycles. The minimum Gasteiger partial charge on any atom is -0.438 e. The molecule has 2 heterocycles. The molecule has 0 saturated carbocycles. The number of nitrogens with zero attached hydrogens (tertiary/aromatic N) is 4. The van der Waals surface area contributed by atoms with E-state index in [-0.39, 0.29) is 0 Å². The van der Waals surface area contributed by atoms with Gasteiger partial charge in [0.25, 0.3) is 0 Å². The van der Waals surface area contributed by atoms with Crippen LogP contribution in [0.3, 0.4) is 0 Å². The van der Waals surface area contributed by atoms with E-state index in [1.54, 1.807) is 6.20 Å². The van der Waals surface area contributed by atoms with Crippen LogP contribution in [0, 0.1) is 13.8 Å². The molecule has 0 fully saturated rings. The second-order valence-corrected chi connectivity index (χ2v) is 7.15. The number of hydrogen-bond acceptors (Lipinski definition) is 4. The topological polar surface area (TPSA) is 52.8 Å². The molecule has 5 heteroatoms. The molecule has 136 valence electrons. The molecule has 0 N–H and O–H groups in total. The first-order valence-corrected chi connectivity index (χ1v) is 9.06. The van der Waals surface area contributed by atoms with E-state index >= 15 is 0 Å². The molecule has 0 atom stereocenters. The molecule has 5 nitrogen and oxygen atoms in total. The number of aromatic nitrogens is 4. The molecule has 0 spiro atoms. The lowest BCUT2D eigenvalue weighted by molar-refractivity contribution is 0.466. The van der Waals surface area contributed by atoms with Crippen LogP contribution in [0.1, 0.15) is 36.5 Å². The van der Waals surface area contributed by atoms with Gasteiger partial charge in [0.15, 0.2) is 5.65 Å². The summed E-state index contributed by atoms with van der Waals surface area (Å²) in [6, 6.07) is 14.4. The average Bonchev–Trinajstić information content (AvgIpc) is 3.06. The fraction of sp³-hybridized carbons (Fsp3) is 0.227. The van der Waals surface area contributed by atoms with Gasteiger partial charge < -0.3 is 4.74 Å². The highest BCUT2D eigenvalue weighted by atomic mass is 16.5. The summed E-state index contributed by atoms with van der Waals surface area (Å²) in [5, 5.41) is 5.29. The van der Waals surface area contributed by atoms with Crippen molar-refractivity contribution in [1.82, 2.24) is 19.7 Å². The van der Waals surface area contributed by atoms with E-state index in [1.165, 1.54) is 17.5 Å². The first-order valence-electron chi connectivity index (χ1n) is 9.06. The van der Waals surface area contributed by atoms with Crippen LogP contribution < -0.4 is 4.74 Å².